The number of aryl methyl sites for hydroxylation is 3. The number of amides is 2. The van der Waals surface area contributed by atoms with E-state index in [2.05, 4.69) is 25.5 Å². The van der Waals surface area contributed by atoms with Crippen molar-refractivity contribution in [1.29, 1.82) is 0 Å². The second-order valence-electron chi connectivity index (χ2n) is 13.5. The lowest BCUT2D eigenvalue weighted by atomic mass is 10.1. The fraction of sp³-hybridized carbons (Fsp3) is 0.429. The predicted octanol–water partition coefficient (Wildman–Crippen LogP) is 8.48. The van der Waals surface area contributed by atoms with Crippen molar-refractivity contribution in [2.75, 3.05) is 57.1 Å². The molecule has 3 aromatic carbocycles. The quantitative estimate of drug-likeness (QED) is 0.0969. The van der Waals surface area contributed by atoms with Crippen LogP contribution in [0, 0.1) is 19.7 Å². The Hall–Kier alpha value is -5.23. The molecule has 1 aliphatic rings. The van der Waals surface area contributed by atoms with Crippen LogP contribution in [0.2, 0.25) is 0 Å². The third-order valence-corrected chi connectivity index (χ3v) is 9.64. The molecular weight excluding hydrogens is 687 g/mol. The molecule has 2 N–H and O–H groups in total. The Morgan fingerprint density at radius 1 is 0.926 bits per heavy atom. The van der Waals surface area contributed by atoms with Crippen molar-refractivity contribution in [3.63, 3.8) is 0 Å². The zero-order valence-electron chi connectivity index (χ0n) is 32.2. The summed E-state index contributed by atoms with van der Waals surface area (Å²) >= 11 is 0. The highest BCUT2D eigenvalue weighted by molar-refractivity contribution is 6.06. The highest BCUT2D eigenvalue weighted by Crippen LogP contribution is 2.35. The number of rotatable bonds is 18. The largest absolute Gasteiger partial charge is 0.493 e. The first-order valence-corrected chi connectivity index (χ1v) is 19.0. The van der Waals surface area contributed by atoms with Gasteiger partial charge in [0.15, 0.2) is 23.1 Å². The minimum absolute atomic E-state index is 0.0266. The summed E-state index contributed by atoms with van der Waals surface area (Å²) in [4.78, 5) is 39.4. The number of anilines is 3. The average Bonchev–Trinajstić information content (AvgIpc) is 3.17. The number of carbonyl (C=O) groups is 2. The molecule has 0 aliphatic carbocycles. The van der Waals surface area contributed by atoms with Gasteiger partial charge >= 0.3 is 0 Å². The number of carbonyl (C=O) groups excluding carboxylic acids is 2. The molecule has 1 aromatic heterocycles. The average molecular weight is 741 g/mol. The van der Waals surface area contributed by atoms with E-state index in [1.807, 2.05) is 62.9 Å². The van der Waals surface area contributed by atoms with Crippen molar-refractivity contribution in [1.82, 2.24) is 19.8 Å². The van der Waals surface area contributed by atoms with Crippen LogP contribution < -0.4 is 24.8 Å². The third-order valence-electron chi connectivity index (χ3n) is 9.64. The zero-order chi connectivity index (χ0) is 38.5. The Kier molecular flexibility index (Phi) is 14.6. The van der Waals surface area contributed by atoms with Crippen molar-refractivity contribution in [3.05, 3.63) is 88.9 Å². The van der Waals surface area contributed by atoms with Crippen LogP contribution in [0.4, 0.5) is 21.7 Å². The van der Waals surface area contributed by atoms with Crippen LogP contribution in [-0.4, -0.2) is 78.0 Å². The molecule has 0 bridgehead atoms. The summed E-state index contributed by atoms with van der Waals surface area (Å²) in [7, 11) is 1.54. The number of ether oxygens (including phenoxy) is 3. The normalized spacial score (nSPS) is 12.9. The van der Waals surface area contributed by atoms with Gasteiger partial charge in [0.05, 0.1) is 13.7 Å². The van der Waals surface area contributed by atoms with Gasteiger partial charge in [-0.15, -0.1) is 0 Å². The smallest absolute Gasteiger partial charge is 0.262 e. The second-order valence-corrected chi connectivity index (χ2v) is 13.5. The minimum atomic E-state index is -0.513. The number of halogens is 1. The minimum Gasteiger partial charge on any atom is -0.493 e. The molecule has 1 fully saturated rings. The van der Waals surface area contributed by atoms with Gasteiger partial charge in [0.25, 0.3) is 5.91 Å². The standard InChI is InChI=1S/C42H53FN6O5/c1-6-49(7-2)38(50)17-12-16-31-18-20-36(37(26-31)52-5)54-41-33(40(51)46-39-29(3)14-11-15-30(39)4)28-44-42(47-41)45-32-19-21-35(34(43)27-32)53-25-13-24-48-22-9-8-10-23-48/h11,14-15,18-21,26-28H,6-10,12-13,16-17,22-25H2,1-5H3,(H,46,51)(H,44,45,47). The molecule has 5 rings (SSSR count). The van der Waals surface area contributed by atoms with Crippen molar-refractivity contribution in [2.45, 2.75) is 72.6 Å². The maximum absolute atomic E-state index is 15.1. The number of aromatic nitrogens is 2. The molecule has 0 atom stereocenters. The summed E-state index contributed by atoms with van der Waals surface area (Å²) < 4.78 is 32.9. The fourth-order valence-electron chi connectivity index (χ4n) is 6.56. The molecule has 0 saturated carbocycles. The van der Waals surface area contributed by atoms with Gasteiger partial charge in [-0.25, -0.2) is 9.37 Å². The molecule has 1 aliphatic heterocycles. The molecule has 0 spiro atoms. The lowest BCUT2D eigenvalue weighted by Crippen LogP contribution is -2.31. The van der Waals surface area contributed by atoms with Gasteiger partial charge in [-0.2, -0.15) is 4.98 Å². The maximum Gasteiger partial charge on any atom is 0.262 e. The third kappa shape index (κ3) is 10.9. The second kappa shape index (κ2) is 19.7. The van der Waals surface area contributed by atoms with Gasteiger partial charge in [0.2, 0.25) is 17.7 Å². The first-order chi connectivity index (χ1) is 26.2. The fourth-order valence-corrected chi connectivity index (χ4v) is 6.56. The van der Waals surface area contributed by atoms with Crippen LogP contribution in [-0.2, 0) is 11.2 Å². The van der Waals surface area contributed by atoms with Crippen molar-refractivity contribution >= 4 is 29.1 Å². The molecule has 0 unspecified atom stereocenters. The summed E-state index contributed by atoms with van der Waals surface area (Å²) in [6.07, 6.45) is 7.76. The molecule has 2 amide bonds. The van der Waals surface area contributed by atoms with Crippen molar-refractivity contribution in [2.24, 2.45) is 0 Å². The van der Waals surface area contributed by atoms with Crippen molar-refractivity contribution in [3.8, 4) is 23.1 Å². The molecule has 12 heteroatoms. The number of methoxy groups -OCH3 is 1. The summed E-state index contributed by atoms with van der Waals surface area (Å²) in [6.45, 7) is 12.8. The van der Waals surface area contributed by atoms with Crippen LogP contribution in [0.25, 0.3) is 0 Å². The number of hydrogen-bond donors (Lipinski definition) is 2. The van der Waals surface area contributed by atoms with Gasteiger partial charge in [0.1, 0.15) is 5.56 Å². The van der Waals surface area contributed by atoms with Crippen LogP contribution >= 0.6 is 0 Å². The van der Waals surface area contributed by atoms with Crippen LogP contribution in [0.3, 0.4) is 0 Å². The van der Waals surface area contributed by atoms with E-state index in [1.54, 1.807) is 18.2 Å². The first kappa shape index (κ1) is 40.0. The van der Waals surface area contributed by atoms with Crippen LogP contribution in [0.1, 0.15) is 79.4 Å². The van der Waals surface area contributed by atoms with Gasteiger partial charge < -0.3 is 34.6 Å². The summed E-state index contributed by atoms with van der Waals surface area (Å²) in [5.74, 6) is 0.171. The number of piperidine rings is 1. The Balaban J connectivity index is 1.32. The number of likely N-dealkylation sites (tertiary alicyclic amines) is 1. The predicted molar refractivity (Wildman–Crippen MR) is 210 cm³/mol. The monoisotopic (exact) mass is 740 g/mol. The summed E-state index contributed by atoms with van der Waals surface area (Å²) in [5, 5.41) is 6.01. The molecule has 4 aromatic rings. The van der Waals surface area contributed by atoms with E-state index in [-0.39, 0.29) is 29.0 Å². The zero-order valence-corrected chi connectivity index (χ0v) is 32.2. The van der Waals surface area contributed by atoms with Gasteiger partial charge in [-0.1, -0.05) is 30.7 Å². The highest BCUT2D eigenvalue weighted by atomic mass is 19.1. The lowest BCUT2D eigenvalue weighted by molar-refractivity contribution is -0.130. The van der Waals surface area contributed by atoms with E-state index >= 15 is 4.39 Å². The van der Waals surface area contributed by atoms with Crippen LogP contribution in [0.15, 0.2) is 60.8 Å². The summed E-state index contributed by atoms with van der Waals surface area (Å²) in [5.41, 5.74) is 3.94. The number of nitrogens with zero attached hydrogens (tertiary/aromatic N) is 4. The lowest BCUT2D eigenvalue weighted by Gasteiger charge is -2.26. The molecular formula is C42H53FN6O5. The van der Waals surface area contributed by atoms with E-state index in [0.29, 0.717) is 61.8 Å². The Morgan fingerprint density at radius 2 is 1.67 bits per heavy atom. The van der Waals surface area contributed by atoms with Gasteiger partial charge in [-0.3, -0.25) is 9.59 Å². The molecule has 54 heavy (non-hydrogen) atoms. The van der Waals surface area contributed by atoms with Gasteiger partial charge in [-0.05, 0) is 114 Å². The van der Waals surface area contributed by atoms with Gasteiger partial charge in [0, 0.05) is 49.7 Å². The Bertz CT molecular complexity index is 1860. The first-order valence-electron chi connectivity index (χ1n) is 19.0. The molecule has 2 heterocycles. The molecule has 288 valence electrons. The summed E-state index contributed by atoms with van der Waals surface area (Å²) in [6, 6.07) is 15.9. The molecule has 1 saturated heterocycles. The number of hydrogen-bond acceptors (Lipinski definition) is 9. The van der Waals surface area contributed by atoms with E-state index in [9.17, 15) is 9.59 Å². The molecule has 0 radical (unpaired) electrons. The topological polar surface area (TPSA) is 118 Å². The highest BCUT2D eigenvalue weighted by Gasteiger charge is 2.21. The van der Waals surface area contributed by atoms with E-state index in [1.165, 1.54) is 38.6 Å². The van der Waals surface area contributed by atoms with Crippen molar-refractivity contribution < 1.29 is 28.2 Å². The molecule has 11 nitrogen and oxygen atoms in total. The maximum atomic E-state index is 15.1. The number of benzene rings is 3. The van der Waals surface area contributed by atoms with E-state index in [0.717, 1.165) is 42.7 Å². The Morgan fingerprint density at radius 3 is 2.37 bits per heavy atom. The Labute approximate surface area is 318 Å². The van der Waals surface area contributed by atoms with Crippen LogP contribution in [0.5, 0.6) is 23.1 Å². The number of para-hydroxylation sites is 1. The van der Waals surface area contributed by atoms with E-state index in [4.69, 9.17) is 14.2 Å². The number of nitrogens with one attached hydrogen (secondary N) is 2. The SMILES string of the molecule is CCN(CC)C(=O)CCCc1ccc(Oc2nc(Nc3ccc(OCCCN4CCCCC4)c(F)c3)ncc2C(=O)Nc2c(C)cccc2C)c(OC)c1. The van der Waals surface area contributed by atoms with E-state index < -0.39 is 11.7 Å².